The molecule has 0 saturated carbocycles. The second-order valence-corrected chi connectivity index (χ2v) is 3.27. The summed E-state index contributed by atoms with van der Waals surface area (Å²) < 4.78 is 38.4. The van der Waals surface area contributed by atoms with Crippen LogP contribution in [0.15, 0.2) is 30.5 Å². The Balaban J connectivity index is 2.48. The minimum atomic E-state index is -4.43. The van der Waals surface area contributed by atoms with E-state index in [9.17, 15) is 13.2 Å². The molecule has 0 unspecified atom stereocenters. The van der Waals surface area contributed by atoms with Crippen molar-refractivity contribution in [1.29, 1.82) is 0 Å². The Kier molecular flexibility index (Phi) is 2.41. The molecule has 84 valence electrons. The van der Waals surface area contributed by atoms with Crippen LogP contribution in [-0.2, 0) is 6.18 Å². The van der Waals surface area contributed by atoms with E-state index in [1.54, 1.807) is 25.1 Å². The maximum atomic E-state index is 12.4. The fourth-order valence-electron chi connectivity index (χ4n) is 1.32. The summed E-state index contributed by atoms with van der Waals surface area (Å²) in [4.78, 5) is 3.94. The second kappa shape index (κ2) is 3.62. The van der Waals surface area contributed by atoms with E-state index >= 15 is 0 Å². The van der Waals surface area contributed by atoms with Crippen LogP contribution in [0, 0.1) is 6.92 Å². The van der Waals surface area contributed by atoms with Crippen LogP contribution in [0.25, 0.3) is 5.82 Å². The Morgan fingerprint density at radius 2 is 2.00 bits per heavy atom. The largest absolute Gasteiger partial charge is 0.435 e. The number of nitrogens with zero attached hydrogens (tertiary/aromatic N) is 3. The highest BCUT2D eigenvalue weighted by Gasteiger charge is 2.34. The molecular formula is C10H8F3N3. The van der Waals surface area contributed by atoms with Crippen molar-refractivity contribution in [2.24, 2.45) is 0 Å². The van der Waals surface area contributed by atoms with Gasteiger partial charge in [0.15, 0.2) is 11.5 Å². The van der Waals surface area contributed by atoms with Gasteiger partial charge in [0, 0.05) is 11.9 Å². The topological polar surface area (TPSA) is 30.7 Å². The van der Waals surface area contributed by atoms with Crippen molar-refractivity contribution < 1.29 is 13.2 Å². The number of rotatable bonds is 1. The molecule has 0 radical (unpaired) electrons. The van der Waals surface area contributed by atoms with E-state index in [1.807, 2.05) is 0 Å². The third-order valence-electron chi connectivity index (χ3n) is 2.04. The van der Waals surface area contributed by atoms with Crippen molar-refractivity contribution in [3.05, 3.63) is 41.9 Å². The Morgan fingerprint density at radius 3 is 2.50 bits per heavy atom. The maximum Gasteiger partial charge on any atom is 0.435 e. The van der Waals surface area contributed by atoms with Crippen molar-refractivity contribution in [1.82, 2.24) is 14.8 Å². The summed E-state index contributed by atoms with van der Waals surface area (Å²) >= 11 is 0. The van der Waals surface area contributed by atoms with Gasteiger partial charge in [0.2, 0.25) is 0 Å². The Labute approximate surface area is 89.5 Å². The number of aromatic nitrogens is 3. The summed E-state index contributed by atoms with van der Waals surface area (Å²) in [5.41, 5.74) is -0.512. The molecule has 0 amide bonds. The SMILES string of the molecule is Cc1cc(C(F)(F)F)nn1-c1ccccn1. The second-order valence-electron chi connectivity index (χ2n) is 3.27. The van der Waals surface area contributed by atoms with E-state index in [1.165, 1.54) is 10.9 Å². The summed E-state index contributed by atoms with van der Waals surface area (Å²) in [7, 11) is 0. The predicted octanol–water partition coefficient (Wildman–Crippen LogP) is 2.59. The quantitative estimate of drug-likeness (QED) is 0.749. The van der Waals surface area contributed by atoms with Crippen LogP contribution >= 0.6 is 0 Å². The van der Waals surface area contributed by atoms with Crippen molar-refractivity contribution in [2.45, 2.75) is 13.1 Å². The highest BCUT2D eigenvalue weighted by Crippen LogP contribution is 2.28. The van der Waals surface area contributed by atoms with E-state index in [0.717, 1.165) is 6.07 Å². The normalized spacial score (nSPS) is 11.8. The Bertz CT molecular complexity index is 488. The van der Waals surface area contributed by atoms with Gasteiger partial charge in [0.25, 0.3) is 0 Å². The molecule has 0 bridgehead atoms. The fourth-order valence-corrected chi connectivity index (χ4v) is 1.32. The zero-order valence-electron chi connectivity index (χ0n) is 8.36. The fraction of sp³-hybridized carbons (Fsp3) is 0.200. The Morgan fingerprint density at radius 1 is 1.25 bits per heavy atom. The number of aryl methyl sites for hydroxylation is 1. The van der Waals surface area contributed by atoms with Gasteiger partial charge >= 0.3 is 6.18 Å². The third kappa shape index (κ3) is 1.91. The molecule has 6 heteroatoms. The maximum absolute atomic E-state index is 12.4. The van der Waals surface area contributed by atoms with Crippen molar-refractivity contribution >= 4 is 0 Å². The van der Waals surface area contributed by atoms with E-state index < -0.39 is 11.9 Å². The van der Waals surface area contributed by atoms with E-state index in [0.29, 0.717) is 11.5 Å². The van der Waals surface area contributed by atoms with Crippen LogP contribution in [0.4, 0.5) is 13.2 Å². The van der Waals surface area contributed by atoms with E-state index in [-0.39, 0.29) is 0 Å². The van der Waals surface area contributed by atoms with Gasteiger partial charge in [-0.3, -0.25) is 0 Å². The van der Waals surface area contributed by atoms with Crippen LogP contribution in [0.5, 0.6) is 0 Å². The summed E-state index contributed by atoms with van der Waals surface area (Å²) in [5.74, 6) is 0.371. The Hall–Kier alpha value is -1.85. The molecule has 0 aliphatic rings. The van der Waals surface area contributed by atoms with Crippen molar-refractivity contribution in [3.63, 3.8) is 0 Å². The molecule has 0 atom stereocenters. The molecule has 0 aliphatic carbocycles. The van der Waals surface area contributed by atoms with Gasteiger partial charge in [-0.2, -0.15) is 18.3 Å². The number of hydrogen-bond acceptors (Lipinski definition) is 2. The first-order chi connectivity index (χ1) is 7.48. The minimum Gasteiger partial charge on any atom is -0.237 e. The lowest BCUT2D eigenvalue weighted by molar-refractivity contribution is -0.141. The standard InChI is InChI=1S/C10H8F3N3/c1-7-6-8(10(11,12)13)15-16(7)9-4-2-3-5-14-9/h2-6H,1H3. The third-order valence-corrected chi connectivity index (χ3v) is 2.04. The number of pyridine rings is 1. The lowest BCUT2D eigenvalue weighted by Gasteiger charge is -2.02. The van der Waals surface area contributed by atoms with E-state index in [4.69, 9.17) is 0 Å². The summed E-state index contributed by atoms with van der Waals surface area (Å²) in [6, 6.07) is 5.97. The lowest BCUT2D eigenvalue weighted by atomic mass is 10.3. The van der Waals surface area contributed by atoms with Crippen LogP contribution < -0.4 is 0 Å². The van der Waals surface area contributed by atoms with Gasteiger partial charge in [-0.15, -0.1) is 0 Å². The average molecular weight is 227 g/mol. The van der Waals surface area contributed by atoms with Crippen molar-refractivity contribution in [2.75, 3.05) is 0 Å². The molecule has 0 aliphatic heterocycles. The van der Waals surface area contributed by atoms with Crippen LogP contribution in [0.2, 0.25) is 0 Å². The zero-order valence-corrected chi connectivity index (χ0v) is 8.36. The van der Waals surface area contributed by atoms with Crippen LogP contribution in [-0.4, -0.2) is 14.8 Å². The van der Waals surface area contributed by atoms with E-state index in [2.05, 4.69) is 10.1 Å². The summed E-state index contributed by atoms with van der Waals surface area (Å²) in [5, 5.41) is 3.48. The number of hydrogen-bond donors (Lipinski definition) is 0. The van der Waals surface area contributed by atoms with Gasteiger partial charge in [0.1, 0.15) is 0 Å². The molecule has 2 heterocycles. The smallest absolute Gasteiger partial charge is 0.237 e. The molecule has 0 N–H and O–H groups in total. The monoisotopic (exact) mass is 227 g/mol. The molecule has 2 rings (SSSR count). The molecule has 2 aromatic heterocycles. The lowest BCUT2D eigenvalue weighted by Crippen LogP contribution is -2.08. The van der Waals surface area contributed by atoms with Gasteiger partial charge in [-0.05, 0) is 25.1 Å². The van der Waals surface area contributed by atoms with Gasteiger partial charge in [0.05, 0.1) is 0 Å². The molecule has 0 saturated heterocycles. The molecule has 0 aromatic carbocycles. The van der Waals surface area contributed by atoms with Gasteiger partial charge < -0.3 is 0 Å². The molecule has 3 nitrogen and oxygen atoms in total. The number of alkyl halides is 3. The summed E-state index contributed by atoms with van der Waals surface area (Å²) in [6.07, 6.45) is -2.92. The predicted molar refractivity (Wildman–Crippen MR) is 51.1 cm³/mol. The molecular weight excluding hydrogens is 219 g/mol. The zero-order chi connectivity index (χ0) is 11.8. The highest BCUT2D eigenvalue weighted by atomic mass is 19.4. The molecule has 0 fully saturated rings. The van der Waals surface area contributed by atoms with Gasteiger partial charge in [-0.25, -0.2) is 9.67 Å². The number of halogens is 3. The average Bonchev–Trinajstić information content (AvgIpc) is 2.61. The van der Waals surface area contributed by atoms with Crippen LogP contribution in [0.3, 0.4) is 0 Å². The molecule has 16 heavy (non-hydrogen) atoms. The first-order valence-electron chi connectivity index (χ1n) is 4.54. The van der Waals surface area contributed by atoms with Crippen LogP contribution in [0.1, 0.15) is 11.4 Å². The molecule has 0 spiro atoms. The summed E-state index contributed by atoms with van der Waals surface area (Å²) in [6.45, 7) is 1.55. The highest BCUT2D eigenvalue weighted by molar-refractivity contribution is 5.26. The van der Waals surface area contributed by atoms with Gasteiger partial charge in [-0.1, -0.05) is 6.07 Å². The first-order valence-corrected chi connectivity index (χ1v) is 4.54. The van der Waals surface area contributed by atoms with Crippen molar-refractivity contribution in [3.8, 4) is 5.82 Å². The first kappa shape index (κ1) is 10.7. The minimum absolute atomic E-state index is 0.371. The molecule has 2 aromatic rings.